The van der Waals surface area contributed by atoms with Gasteiger partial charge in [-0.05, 0) is 32.6 Å². The van der Waals surface area contributed by atoms with E-state index in [2.05, 4.69) is 10.5 Å². The van der Waals surface area contributed by atoms with Gasteiger partial charge in [-0.25, -0.2) is 4.79 Å². The zero-order valence-electron chi connectivity index (χ0n) is 13.4. The Morgan fingerprint density at radius 3 is 2.50 bits per heavy atom. The third-order valence-electron chi connectivity index (χ3n) is 5.12. The molecule has 1 saturated carbocycles. The molecule has 1 unspecified atom stereocenters. The van der Waals surface area contributed by atoms with Gasteiger partial charge in [-0.3, -0.25) is 10.1 Å². The van der Waals surface area contributed by atoms with Crippen molar-refractivity contribution in [3.63, 3.8) is 0 Å². The monoisotopic (exact) mass is 336 g/mol. The molecule has 8 nitrogen and oxygen atoms in total. The van der Waals surface area contributed by atoms with Crippen molar-refractivity contribution in [1.29, 1.82) is 0 Å². The molecule has 1 aliphatic carbocycles. The normalized spacial score (nSPS) is 29.9. The summed E-state index contributed by atoms with van der Waals surface area (Å²) in [6.07, 6.45) is 1.50. The van der Waals surface area contributed by atoms with E-state index in [0.717, 1.165) is 37.3 Å². The quantitative estimate of drug-likeness (QED) is 0.844. The second-order valence-corrected chi connectivity index (χ2v) is 6.63. The van der Waals surface area contributed by atoms with Crippen molar-refractivity contribution in [3.8, 4) is 0 Å². The highest BCUT2D eigenvalue weighted by Crippen LogP contribution is 2.36. The smallest absolute Gasteiger partial charge is 0.427 e. The maximum Gasteiger partial charge on any atom is 0.509 e. The van der Waals surface area contributed by atoms with Crippen molar-refractivity contribution in [1.82, 2.24) is 5.16 Å². The summed E-state index contributed by atoms with van der Waals surface area (Å²) < 4.78 is 20.8. The molecule has 3 atom stereocenters. The lowest BCUT2D eigenvalue weighted by atomic mass is 9.94. The number of fused-ring (bicyclic) bond motifs is 1. The van der Waals surface area contributed by atoms with Crippen LogP contribution in [0.4, 0.5) is 10.7 Å². The Balaban J connectivity index is 1.40. The van der Waals surface area contributed by atoms with Gasteiger partial charge in [0.25, 0.3) is 0 Å². The average Bonchev–Trinajstić information content (AvgIpc) is 3.22. The molecule has 1 N–H and O–H groups in total. The lowest BCUT2D eigenvalue weighted by Crippen LogP contribution is -2.22. The minimum Gasteiger partial charge on any atom is -0.427 e. The molecule has 8 heteroatoms. The highest BCUT2D eigenvalue weighted by atomic mass is 16.8. The number of hydrogen-bond acceptors (Lipinski definition) is 7. The molecule has 2 saturated heterocycles. The number of nitrogens with one attached hydrogen (secondary N) is 1. The van der Waals surface area contributed by atoms with Gasteiger partial charge in [0.15, 0.2) is 0 Å². The van der Waals surface area contributed by atoms with E-state index in [9.17, 15) is 9.59 Å². The Morgan fingerprint density at radius 1 is 1.17 bits per heavy atom. The summed E-state index contributed by atoms with van der Waals surface area (Å²) in [7, 11) is 0. The summed E-state index contributed by atoms with van der Waals surface area (Å²) >= 11 is 0. The summed E-state index contributed by atoms with van der Waals surface area (Å²) in [5.74, 6) is 0.300. The Kier molecular flexibility index (Phi) is 3.91. The van der Waals surface area contributed by atoms with Gasteiger partial charge < -0.3 is 18.7 Å². The summed E-state index contributed by atoms with van der Waals surface area (Å²) in [5.41, 5.74) is 1.77. The van der Waals surface area contributed by atoms with Crippen LogP contribution in [0.5, 0.6) is 0 Å². The summed E-state index contributed by atoms with van der Waals surface area (Å²) in [5, 5.41) is 6.96. The predicted molar refractivity (Wildman–Crippen MR) is 80.5 cm³/mol. The molecule has 4 rings (SSSR count). The first-order valence-electron chi connectivity index (χ1n) is 8.34. The van der Waals surface area contributed by atoms with E-state index in [4.69, 9.17) is 18.7 Å². The fourth-order valence-electron chi connectivity index (χ4n) is 3.73. The summed E-state index contributed by atoms with van der Waals surface area (Å²) in [4.78, 5) is 23.5. The van der Waals surface area contributed by atoms with Crippen molar-refractivity contribution in [2.75, 3.05) is 18.5 Å². The van der Waals surface area contributed by atoms with Crippen LogP contribution in [0.15, 0.2) is 4.52 Å². The van der Waals surface area contributed by atoms with Crippen molar-refractivity contribution in [2.24, 2.45) is 5.92 Å². The van der Waals surface area contributed by atoms with Crippen molar-refractivity contribution >= 4 is 17.9 Å². The molecule has 1 aromatic heterocycles. The molecule has 1 amide bonds. The fourth-order valence-corrected chi connectivity index (χ4v) is 3.73. The average molecular weight is 336 g/mol. The number of anilines is 1. The first kappa shape index (κ1) is 15.4. The van der Waals surface area contributed by atoms with Crippen LogP contribution in [0.2, 0.25) is 0 Å². The molecule has 0 spiro atoms. The van der Waals surface area contributed by atoms with Crippen LogP contribution in [0.1, 0.15) is 42.9 Å². The largest absolute Gasteiger partial charge is 0.509 e. The topological polar surface area (TPSA) is 99.9 Å². The maximum absolute atomic E-state index is 12.5. The van der Waals surface area contributed by atoms with Gasteiger partial charge in [0.1, 0.15) is 12.2 Å². The van der Waals surface area contributed by atoms with Crippen LogP contribution in [-0.4, -0.2) is 42.6 Å². The zero-order chi connectivity index (χ0) is 16.7. The van der Waals surface area contributed by atoms with Gasteiger partial charge in [-0.1, -0.05) is 5.16 Å². The molecule has 0 radical (unpaired) electrons. The number of hydrogen-bond donors (Lipinski definition) is 1. The van der Waals surface area contributed by atoms with Gasteiger partial charge in [-0.2, -0.15) is 0 Å². The van der Waals surface area contributed by atoms with E-state index >= 15 is 0 Å². The highest BCUT2D eigenvalue weighted by Gasteiger charge is 2.47. The SMILES string of the molecule is Cc1c(C2CCOCC2)noc1NC(=O)C1C[C@@H]2OC(=O)O[C@@H]2C1. The lowest BCUT2D eigenvalue weighted by molar-refractivity contribution is -0.120. The third kappa shape index (κ3) is 2.75. The van der Waals surface area contributed by atoms with Crippen molar-refractivity contribution in [2.45, 2.75) is 50.7 Å². The van der Waals surface area contributed by atoms with Crippen molar-refractivity contribution in [3.05, 3.63) is 11.3 Å². The zero-order valence-corrected chi connectivity index (χ0v) is 13.4. The molecular formula is C16H20N2O6. The van der Waals surface area contributed by atoms with Crippen LogP contribution in [0, 0.1) is 12.8 Å². The molecule has 2 aliphatic heterocycles. The molecule has 24 heavy (non-hydrogen) atoms. The second-order valence-electron chi connectivity index (χ2n) is 6.63. The highest BCUT2D eigenvalue weighted by molar-refractivity contribution is 5.92. The second kappa shape index (κ2) is 6.08. The third-order valence-corrected chi connectivity index (χ3v) is 5.12. The minimum atomic E-state index is -0.643. The minimum absolute atomic E-state index is 0.151. The van der Waals surface area contributed by atoms with Crippen molar-refractivity contribution < 1.29 is 28.3 Å². The predicted octanol–water partition coefficient (Wildman–Crippen LogP) is 2.13. The molecular weight excluding hydrogens is 316 g/mol. The number of nitrogens with zero attached hydrogens (tertiary/aromatic N) is 1. The Morgan fingerprint density at radius 2 is 1.83 bits per heavy atom. The number of aromatic nitrogens is 1. The molecule has 130 valence electrons. The first-order chi connectivity index (χ1) is 11.6. The van der Waals surface area contributed by atoms with E-state index in [1.54, 1.807) is 0 Å². The molecule has 3 heterocycles. The number of rotatable bonds is 3. The van der Waals surface area contributed by atoms with Crippen LogP contribution in [0.3, 0.4) is 0 Å². The van der Waals surface area contributed by atoms with E-state index in [0.29, 0.717) is 24.6 Å². The van der Waals surface area contributed by atoms with Gasteiger partial charge in [0, 0.05) is 30.6 Å². The van der Waals surface area contributed by atoms with E-state index in [1.807, 2.05) is 6.92 Å². The van der Waals surface area contributed by atoms with Crippen LogP contribution in [0.25, 0.3) is 0 Å². The van der Waals surface area contributed by atoms with E-state index in [-0.39, 0.29) is 24.0 Å². The number of ether oxygens (including phenoxy) is 3. The number of carbonyl (C=O) groups is 2. The van der Waals surface area contributed by atoms with Crippen LogP contribution in [-0.2, 0) is 19.0 Å². The fraction of sp³-hybridized carbons (Fsp3) is 0.688. The van der Waals surface area contributed by atoms with Crippen LogP contribution < -0.4 is 5.32 Å². The van der Waals surface area contributed by atoms with Gasteiger partial charge in [0.2, 0.25) is 11.8 Å². The molecule has 0 bridgehead atoms. The standard InChI is InChI=1S/C16H20N2O6/c1-8-13(9-2-4-21-5-3-9)18-24-15(8)17-14(19)10-6-11-12(7-10)23-16(20)22-11/h9-12H,2-7H2,1H3,(H,17,19)/t10?,11-,12+. The van der Waals surface area contributed by atoms with Crippen LogP contribution >= 0.6 is 0 Å². The van der Waals surface area contributed by atoms with E-state index in [1.165, 1.54) is 0 Å². The van der Waals surface area contributed by atoms with Gasteiger partial charge in [-0.15, -0.1) is 0 Å². The van der Waals surface area contributed by atoms with E-state index < -0.39 is 6.16 Å². The number of amides is 1. The van der Waals surface area contributed by atoms with Gasteiger partial charge >= 0.3 is 6.16 Å². The maximum atomic E-state index is 12.5. The Bertz CT molecular complexity index is 635. The first-order valence-corrected chi connectivity index (χ1v) is 8.34. The molecule has 3 fully saturated rings. The Labute approximate surface area is 138 Å². The molecule has 3 aliphatic rings. The Hall–Kier alpha value is -2.09. The molecule has 0 aromatic carbocycles. The molecule has 1 aromatic rings. The lowest BCUT2D eigenvalue weighted by Gasteiger charge is -2.20. The summed E-state index contributed by atoms with van der Waals surface area (Å²) in [6, 6.07) is 0. The van der Waals surface area contributed by atoms with Gasteiger partial charge in [0.05, 0.1) is 5.69 Å². The summed E-state index contributed by atoms with van der Waals surface area (Å²) in [6.45, 7) is 3.36. The number of carbonyl (C=O) groups excluding carboxylic acids is 2.